The van der Waals surface area contributed by atoms with E-state index in [1.165, 1.54) is 31.4 Å². The van der Waals surface area contributed by atoms with E-state index in [0.717, 1.165) is 9.87 Å². The van der Waals surface area contributed by atoms with Crippen molar-refractivity contribution in [1.29, 1.82) is 0 Å². The number of halogens is 4. The van der Waals surface area contributed by atoms with Gasteiger partial charge >= 0.3 is 12.1 Å². The third-order valence-electron chi connectivity index (χ3n) is 4.70. The number of benzene rings is 2. The van der Waals surface area contributed by atoms with Crippen LogP contribution in [0.2, 0.25) is 5.02 Å². The lowest BCUT2D eigenvalue weighted by Gasteiger charge is -2.25. The highest BCUT2D eigenvalue weighted by atomic mass is 35.5. The average Bonchev–Trinajstić information content (AvgIpc) is 2.77. The third-order valence-corrected chi connectivity index (χ3v) is 6.72. The van der Waals surface area contributed by atoms with Crippen molar-refractivity contribution in [2.24, 2.45) is 0 Å². The molecule has 0 unspecified atom stereocenters. The lowest BCUT2D eigenvalue weighted by Crippen LogP contribution is -2.32. The molecule has 0 fully saturated rings. The van der Waals surface area contributed by atoms with Gasteiger partial charge < -0.3 is 4.74 Å². The van der Waals surface area contributed by atoms with Gasteiger partial charge in [-0.05, 0) is 42.8 Å². The molecule has 0 aliphatic heterocycles. The summed E-state index contributed by atoms with van der Waals surface area (Å²) in [5.74, 6) is -1.01. The summed E-state index contributed by atoms with van der Waals surface area (Å²) < 4.78 is 71.5. The van der Waals surface area contributed by atoms with Crippen molar-refractivity contribution in [1.82, 2.24) is 4.98 Å². The Bertz CT molecular complexity index is 1260. The van der Waals surface area contributed by atoms with E-state index in [1.807, 2.05) is 6.92 Å². The molecule has 6 nitrogen and oxygen atoms in total. The Kier molecular flexibility index (Phi) is 6.99. The number of carbonyl (C=O) groups is 1. The van der Waals surface area contributed by atoms with Gasteiger partial charge in [0.1, 0.15) is 0 Å². The number of hydrogen-bond acceptors (Lipinski definition) is 5. The fraction of sp³-hybridized carbons (Fsp3) is 0.182. The normalized spacial score (nSPS) is 11.8. The molecule has 0 amide bonds. The summed E-state index contributed by atoms with van der Waals surface area (Å²) in [5, 5.41) is -0.480. The highest BCUT2D eigenvalue weighted by Gasteiger charge is 2.34. The average molecular weight is 499 g/mol. The number of aromatic nitrogens is 1. The number of ether oxygens (including phenoxy) is 1. The zero-order chi connectivity index (χ0) is 24.4. The summed E-state index contributed by atoms with van der Waals surface area (Å²) in [4.78, 5) is 15.2. The van der Waals surface area contributed by atoms with E-state index in [-0.39, 0.29) is 22.8 Å². The zero-order valence-electron chi connectivity index (χ0n) is 17.4. The summed E-state index contributed by atoms with van der Waals surface area (Å²) in [6, 6.07) is 12.5. The SMILES string of the molecule is COC(=O)c1ccc(S(=O)(=O)N(Cc2ccc(C)cc2)c2ncc(C(F)(F)F)cc2Cl)cc1. The first-order valence-corrected chi connectivity index (χ1v) is 11.2. The molecule has 1 heterocycles. The van der Waals surface area contributed by atoms with Crippen LogP contribution in [0.25, 0.3) is 0 Å². The monoisotopic (exact) mass is 498 g/mol. The van der Waals surface area contributed by atoms with Gasteiger partial charge in [-0.1, -0.05) is 41.4 Å². The molecule has 0 N–H and O–H groups in total. The maximum atomic E-state index is 13.5. The van der Waals surface area contributed by atoms with Gasteiger partial charge in [-0.25, -0.2) is 22.5 Å². The van der Waals surface area contributed by atoms with Gasteiger partial charge in [0.05, 0.1) is 34.7 Å². The minimum atomic E-state index is -4.69. The quantitative estimate of drug-likeness (QED) is 0.434. The van der Waals surface area contributed by atoms with Gasteiger partial charge in [0, 0.05) is 6.20 Å². The van der Waals surface area contributed by atoms with Crippen LogP contribution in [0.3, 0.4) is 0 Å². The van der Waals surface area contributed by atoms with Crippen LogP contribution in [0, 0.1) is 6.92 Å². The number of alkyl halides is 3. The van der Waals surface area contributed by atoms with Crippen LogP contribution in [0.5, 0.6) is 0 Å². The smallest absolute Gasteiger partial charge is 0.417 e. The molecule has 3 aromatic rings. The van der Waals surface area contributed by atoms with Crippen molar-refractivity contribution in [3.8, 4) is 0 Å². The van der Waals surface area contributed by atoms with Crippen LogP contribution in [0.4, 0.5) is 19.0 Å². The van der Waals surface area contributed by atoms with Gasteiger partial charge in [0.2, 0.25) is 0 Å². The number of carbonyl (C=O) groups excluding carboxylic acids is 1. The van der Waals surface area contributed by atoms with E-state index in [1.54, 1.807) is 24.3 Å². The van der Waals surface area contributed by atoms with Crippen molar-refractivity contribution in [3.63, 3.8) is 0 Å². The number of nitrogens with zero attached hydrogens (tertiary/aromatic N) is 2. The Morgan fingerprint density at radius 1 is 1.09 bits per heavy atom. The molecule has 11 heteroatoms. The first kappa shape index (κ1) is 24.5. The molecule has 0 radical (unpaired) electrons. The third kappa shape index (κ3) is 5.45. The molecule has 0 bridgehead atoms. The standard InChI is InChI=1S/C22H18ClF3N2O4S/c1-14-3-5-15(6-4-14)13-28(20-19(23)11-17(12-27-20)22(24,25)26)33(30,31)18-9-7-16(8-10-18)21(29)32-2/h3-12H,13H2,1-2H3. The summed E-state index contributed by atoms with van der Waals surface area (Å²) in [6.07, 6.45) is -4.17. The highest BCUT2D eigenvalue weighted by Crippen LogP contribution is 2.36. The summed E-state index contributed by atoms with van der Waals surface area (Å²) in [7, 11) is -3.14. The van der Waals surface area contributed by atoms with Crippen LogP contribution >= 0.6 is 11.6 Å². The second kappa shape index (κ2) is 9.40. The first-order valence-electron chi connectivity index (χ1n) is 9.43. The van der Waals surface area contributed by atoms with E-state index >= 15 is 0 Å². The Balaban J connectivity index is 2.10. The Morgan fingerprint density at radius 3 is 2.21 bits per heavy atom. The van der Waals surface area contributed by atoms with Gasteiger partial charge in [0.15, 0.2) is 5.82 Å². The predicted octanol–water partition coefficient (Wildman–Crippen LogP) is 5.24. The molecule has 33 heavy (non-hydrogen) atoms. The number of hydrogen-bond donors (Lipinski definition) is 0. The number of rotatable bonds is 6. The van der Waals surface area contributed by atoms with Crippen LogP contribution in [0.15, 0.2) is 65.7 Å². The second-order valence-electron chi connectivity index (χ2n) is 7.04. The zero-order valence-corrected chi connectivity index (χ0v) is 19.0. The molecule has 3 rings (SSSR count). The number of methoxy groups -OCH3 is 1. The molecule has 2 aromatic carbocycles. The van der Waals surface area contributed by atoms with E-state index in [0.29, 0.717) is 17.8 Å². The molecule has 1 aromatic heterocycles. The predicted molar refractivity (Wildman–Crippen MR) is 117 cm³/mol. The highest BCUT2D eigenvalue weighted by molar-refractivity contribution is 7.92. The Morgan fingerprint density at radius 2 is 1.70 bits per heavy atom. The molecule has 0 saturated heterocycles. The van der Waals surface area contributed by atoms with Gasteiger partial charge in [-0.2, -0.15) is 13.2 Å². The molecule has 0 aliphatic rings. The van der Waals surface area contributed by atoms with Crippen LogP contribution in [0.1, 0.15) is 27.0 Å². The van der Waals surface area contributed by atoms with E-state index < -0.39 is 32.8 Å². The van der Waals surface area contributed by atoms with Crippen molar-refractivity contribution in [2.75, 3.05) is 11.4 Å². The molecule has 0 saturated carbocycles. The van der Waals surface area contributed by atoms with E-state index in [9.17, 15) is 26.4 Å². The first-order chi connectivity index (χ1) is 15.4. The summed E-state index contributed by atoms with van der Waals surface area (Å²) in [5.41, 5.74) is 0.531. The lowest BCUT2D eigenvalue weighted by atomic mass is 10.1. The maximum absolute atomic E-state index is 13.5. The molecular formula is C22H18ClF3N2O4S. The summed E-state index contributed by atoms with van der Waals surface area (Å²) >= 11 is 6.07. The maximum Gasteiger partial charge on any atom is 0.417 e. The molecule has 0 spiro atoms. The van der Waals surface area contributed by atoms with Crippen molar-refractivity contribution in [2.45, 2.75) is 24.5 Å². The fourth-order valence-corrected chi connectivity index (χ4v) is 4.66. The number of pyridine rings is 1. The molecular weight excluding hydrogens is 481 g/mol. The van der Waals surface area contributed by atoms with Crippen LogP contribution in [-0.4, -0.2) is 26.5 Å². The number of anilines is 1. The number of aryl methyl sites for hydroxylation is 1. The van der Waals surface area contributed by atoms with Gasteiger partial charge in [0.25, 0.3) is 10.0 Å². The van der Waals surface area contributed by atoms with Crippen LogP contribution in [-0.2, 0) is 27.5 Å². The summed E-state index contributed by atoms with van der Waals surface area (Å²) in [6.45, 7) is 1.62. The number of esters is 1. The van der Waals surface area contributed by atoms with Crippen molar-refractivity contribution in [3.05, 3.63) is 88.1 Å². The Hall–Kier alpha value is -3.11. The molecule has 0 atom stereocenters. The largest absolute Gasteiger partial charge is 0.465 e. The van der Waals surface area contributed by atoms with E-state index in [2.05, 4.69) is 9.72 Å². The second-order valence-corrected chi connectivity index (χ2v) is 9.31. The van der Waals surface area contributed by atoms with Crippen molar-refractivity contribution >= 4 is 33.4 Å². The van der Waals surface area contributed by atoms with Crippen molar-refractivity contribution < 1.29 is 31.1 Å². The topological polar surface area (TPSA) is 76.6 Å². The van der Waals surface area contributed by atoms with Crippen LogP contribution < -0.4 is 4.31 Å². The Labute approximate surface area is 193 Å². The van der Waals surface area contributed by atoms with Gasteiger partial charge in [-0.15, -0.1) is 0 Å². The molecule has 0 aliphatic carbocycles. The van der Waals surface area contributed by atoms with Gasteiger partial charge in [-0.3, -0.25) is 0 Å². The minimum absolute atomic E-state index is 0.132. The molecule has 174 valence electrons. The minimum Gasteiger partial charge on any atom is -0.465 e. The fourth-order valence-electron chi connectivity index (χ4n) is 2.91. The number of sulfonamides is 1. The lowest BCUT2D eigenvalue weighted by molar-refractivity contribution is -0.137. The van der Waals surface area contributed by atoms with E-state index in [4.69, 9.17) is 11.6 Å².